The first-order valence-corrected chi connectivity index (χ1v) is 7.17. The van der Waals surface area contributed by atoms with Gasteiger partial charge in [-0.15, -0.1) is 0 Å². The quantitative estimate of drug-likeness (QED) is 0.878. The maximum Gasteiger partial charge on any atom is 0.186 e. The second-order valence-electron chi connectivity index (χ2n) is 4.70. The van der Waals surface area contributed by atoms with E-state index in [1.807, 2.05) is 31.2 Å². The maximum absolute atomic E-state index is 13.9. The van der Waals surface area contributed by atoms with Crippen LogP contribution in [-0.2, 0) is 0 Å². The van der Waals surface area contributed by atoms with Crippen molar-refractivity contribution >= 4 is 5.82 Å². The molecule has 4 nitrogen and oxygen atoms in total. The molecule has 0 fully saturated rings. The molecule has 0 saturated heterocycles. The van der Waals surface area contributed by atoms with Crippen LogP contribution in [0, 0.1) is 12.7 Å². The molecule has 112 valence electrons. The SMILES string of the molecule is CCCOc1cccc(-c2nc(C)c(F)c(NCC)n2)c1. The van der Waals surface area contributed by atoms with Crippen LogP contribution in [0.2, 0.25) is 0 Å². The zero-order valence-corrected chi connectivity index (χ0v) is 12.6. The van der Waals surface area contributed by atoms with Crippen LogP contribution in [-0.4, -0.2) is 23.1 Å². The molecule has 0 aliphatic carbocycles. The van der Waals surface area contributed by atoms with E-state index >= 15 is 0 Å². The molecule has 0 radical (unpaired) electrons. The third-order valence-electron chi connectivity index (χ3n) is 2.93. The summed E-state index contributed by atoms with van der Waals surface area (Å²) in [5.41, 5.74) is 1.14. The average molecular weight is 289 g/mol. The van der Waals surface area contributed by atoms with Gasteiger partial charge in [-0.1, -0.05) is 19.1 Å². The average Bonchev–Trinajstić information content (AvgIpc) is 2.50. The van der Waals surface area contributed by atoms with Gasteiger partial charge in [0.1, 0.15) is 5.75 Å². The molecular formula is C16H20FN3O. The fourth-order valence-corrected chi connectivity index (χ4v) is 1.92. The van der Waals surface area contributed by atoms with E-state index in [1.54, 1.807) is 6.92 Å². The van der Waals surface area contributed by atoms with Crippen molar-refractivity contribution in [1.82, 2.24) is 9.97 Å². The molecule has 2 rings (SSSR count). The smallest absolute Gasteiger partial charge is 0.186 e. The molecule has 0 amide bonds. The van der Waals surface area contributed by atoms with Gasteiger partial charge >= 0.3 is 0 Å². The fourth-order valence-electron chi connectivity index (χ4n) is 1.92. The number of hydrogen-bond acceptors (Lipinski definition) is 4. The zero-order valence-electron chi connectivity index (χ0n) is 12.6. The van der Waals surface area contributed by atoms with E-state index in [-0.39, 0.29) is 5.82 Å². The molecule has 0 spiro atoms. The molecule has 1 aromatic heterocycles. The van der Waals surface area contributed by atoms with Crippen molar-refractivity contribution in [2.75, 3.05) is 18.5 Å². The Morgan fingerprint density at radius 1 is 1.24 bits per heavy atom. The first kappa shape index (κ1) is 15.2. The van der Waals surface area contributed by atoms with Gasteiger partial charge in [0.25, 0.3) is 0 Å². The van der Waals surface area contributed by atoms with Gasteiger partial charge in [0.05, 0.1) is 12.3 Å². The van der Waals surface area contributed by atoms with Crippen molar-refractivity contribution in [1.29, 1.82) is 0 Å². The number of halogens is 1. The number of nitrogens with one attached hydrogen (secondary N) is 1. The maximum atomic E-state index is 13.9. The number of rotatable bonds is 6. The van der Waals surface area contributed by atoms with Gasteiger partial charge < -0.3 is 10.1 Å². The Labute approximate surface area is 124 Å². The summed E-state index contributed by atoms with van der Waals surface area (Å²) in [7, 11) is 0. The number of aromatic nitrogens is 2. The van der Waals surface area contributed by atoms with E-state index in [0.717, 1.165) is 17.7 Å². The van der Waals surface area contributed by atoms with Gasteiger partial charge in [-0.05, 0) is 32.4 Å². The minimum absolute atomic E-state index is 0.236. The normalized spacial score (nSPS) is 10.5. The Bertz CT molecular complexity index is 616. The van der Waals surface area contributed by atoms with Crippen molar-refractivity contribution in [2.24, 2.45) is 0 Å². The lowest BCUT2D eigenvalue weighted by molar-refractivity contribution is 0.317. The highest BCUT2D eigenvalue weighted by atomic mass is 19.1. The van der Waals surface area contributed by atoms with Crippen molar-refractivity contribution in [3.05, 3.63) is 35.8 Å². The Morgan fingerprint density at radius 2 is 2.05 bits per heavy atom. The first-order chi connectivity index (χ1) is 10.2. The van der Waals surface area contributed by atoms with Gasteiger partial charge in [0.15, 0.2) is 17.5 Å². The van der Waals surface area contributed by atoms with Gasteiger partial charge in [0, 0.05) is 12.1 Å². The molecule has 5 heteroatoms. The van der Waals surface area contributed by atoms with Crippen LogP contribution in [0.3, 0.4) is 0 Å². The molecule has 0 aliphatic rings. The van der Waals surface area contributed by atoms with E-state index in [0.29, 0.717) is 24.7 Å². The number of aryl methyl sites for hydroxylation is 1. The van der Waals surface area contributed by atoms with E-state index < -0.39 is 5.82 Å². The number of anilines is 1. The van der Waals surface area contributed by atoms with Crippen LogP contribution in [0.25, 0.3) is 11.4 Å². The highest BCUT2D eigenvalue weighted by molar-refractivity contribution is 5.60. The Balaban J connectivity index is 2.37. The Hall–Kier alpha value is -2.17. The molecule has 0 atom stereocenters. The predicted molar refractivity (Wildman–Crippen MR) is 82.1 cm³/mol. The summed E-state index contributed by atoms with van der Waals surface area (Å²) >= 11 is 0. The van der Waals surface area contributed by atoms with Crippen molar-refractivity contribution in [3.8, 4) is 17.1 Å². The first-order valence-electron chi connectivity index (χ1n) is 7.17. The molecule has 2 aromatic rings. The van der Waals surface area contributed by atoms with E-state index in [9.17, 15) is 4.39 Å². The molecule has 0 aliphatic heterocycles. The molecule has 0 unspecified atom stereocenters. The minimum Gasteiger partial charge on any atom is -0.494 e. The molecule has 1 N–H and O–H groups in total. The fraction of sp³-hybridized carbons (Fsp3) is 0.375. The molecule has 0 saturated carbocycles. The van der Waals surface area contributed by atoms with E-state index in [2.05, 4.69) is 22.2 Å². The monoisotopic (exact) mass is 289 g/mol. The molecule has 0 bridgehead atoms. The Morgan fingerprint density at radius 3 is 2.76 bits per heavy atom. The standard InChI is InChI=1S/C16H20FN3O/c1-4-9-21-13-8-6-7-12(10-13)15-19-11(3)14(17)16(20-15)18-5-2/h6-8,10H,4-5,9H2,1-3H3,(H,18,19,20). The summed E-state index contributed by atoms with van der Waals surface area (Å²) in [5.74, 6) is 1.09. The van der Waals surface area contributed by atoms with Crippen LogP contribution >= 0.6 is 0 Å². The van der Waals surface area contributed by atoms with Crippen LogP contribution in [0.1, 0.15) is 26.0 Å². The summed E-state index contributed by atoms with van der Waals surface area (Å²) < 4.78 is 19.5. The summed E-state index contributed by atoms with van der Waals surface area (Å²) in [4.78, 5) is 8.49. The topological polar surface area (TPSA) is 47.0 Å². The van der Waals surface area contributed by atoms with Crippen molar-refractivity contribution in [2.45, 2.75) is 27.2 Å². The lowest BCUT2D eigenvalue weighted by atomic mass is 10.2. The van der Waals surface area contributed by atoms with Gasteiger partial charge in [-0.25, -0.2) is 14.4 Å². The lowest BCUT2D eigenvalue weighted by Gasteiger charge is -2.10. The van der Waals surface area contributed by atoms with Gasteiger partial charge in [0.2, 0.25) is 0 Å². The van der Waals surface area contributed by atoms with Gasteiger partial charge in [-0.2, -0.15) is 0 Å². The number of nitrogens with zero attached hydrogens (tertiary/aromatic N) is 2. The third-order valence-corrected chi connectivity index (χ3v) is 2.93. The summed E-state index contributed by atoms with van der Waals surface area (Å²) in [6.45, 7) is 6.86. The van der Waals surface area contributed by atoms with Crippen LogP contribution in [0.15, 0.2) is 24.3 Å². The lowest BCUT2D eigenvalue weighted by Crippen LogP contribution is -2.07. The number of hydrogen-bond donors (Lipinski definition) is 1. The molecule has 1 aromatic carbocycles. The van der Waals surface area contributed by atoms with E-state index in [1.165, 1.54) is 0 Å². The second-order valence-corrected chi connectivity index (χ2v) is 4.70. The molecule has 21 heavy (non-hydrogen) atoms. The predicted octanol–water partition coefficient (Wildman–Crippen LogP) is 3.81. The number of benzene rings is 1. The summed E-state index contributed by atoms with van der Waals surface area (Å²) in [6, 6.07) is 7.54. The zero-order chi connectivity index (χ0) is 15.2. The molecular weight excluding hydrogens is 269 g/mol. The summed E-state index contributed by atoms with van der Waals surface area (Å²) in [5, 5.41) is 2.92. The highest BCUT2D eigenvalue weighted by Crippen LogP contribution is 2.24. The second kappa shape index (κ2) is 7.02. The molecule has 1 heterocycles. The summed E-state index contributed by atoms with van der Waals surface area (Å²) in [6.07, 6.45) is 0.945. The third kappa shape index (κ3) is 3.68. The van der Waals surface area contributed by atoms with Crippen LogP contribution in [0.5, 0.6) is 5.75 Å². The number of ether oxygens (including phenoxy) is 1. The van der Waals surface area contributed by atoms with E-state index in [4.69, 9.17) is 4.74 Å². The van der Waals surface area contributed by atoms with Crippen molar-refractivity contribution < 1.29 is 9.13 Å². The van der Waals surface area contributed by atoms with Crippen LogP contribution in [0.4, 0.5) is 10.2 Å². The minimum atomic E-state index is -0.404. The highest BCUT2D eigenvalue weighted by Gasteiger charge is 2.12. The Kier molecular flexibility index (Phi) is 5.09. The largest absolute Gasteiger partial charge is 0.494 e. The van der Waals surface area contributed by atoms with Crippen LogP contribution < -0.4 is 10.1 Å². The van der Waals surface area contributed by atoms with Gasteiger partial charge in [-0.3, -0.25) is 0 Å². The van der Waals surface area contributed by atoms with Crippen molar-refractivity contribution in [3.63, 3.8) is 0 Å².